The fourth-order valence-electron chi connectivity index (χ4n) is 2.65. The molecule has 4 rings (SSSR count). The second-order valence-electron chi connectivity index (χ2n) is 5.54. The molecule has 0 radical (unpaired) electrons. The summed E-state index contributed by atoms with van der Waals surface area (Å²) in [5.74, 6) is -0.431. The van der Waals surface area contributed by atoms with Crippen LogP contribution in [0.25, 0.3) is 10.8 Å². The molecular weight excluding hydrogens is 350 g/mol. The molecule has 2 aromatic heterocycles. The maximum Gasteiger partial charge on any atom is 0.278 e. The fourth-order valence-corrected chi connectivity index (χ4v) is 3.09. The van der Waals surface area contributed by atoms with Crippen LogP contribution in [0.3, 0.4) is 0 Å². The Hall–Kier alpha value is -3.39. The van der Waals surface area contributed by atoms with E-state index in [9.17, 15) is 9.59 Å². The molecule has 1 amide bonds. The van der Waals surface area contributed by atoms with Gasteiger partial charge < -0.3 is 0 Å². The minimum absolute atomic E-state index is 0.173. The number of aromatic nitrogens is 4. The first-order valence-corrected chi connectivity index (χ1v) is 8.71. The van der Waals surface area contributed by atoms with Gasteiger partial charge in [-0.15, -0.1) is 10.2 Å². The van der Waals surface area contributed by atoms with Gasteiger partial charge in [-0.2, -0.15) is 5.10 Å². The first-order valence-electron chi connectivity index (χ1n) is 7.83. The lowest BCUT2D eigenvalue weighted by Crippen LogP contribution is -2.28. The van der Waals surface area contributed by atoms with Gasteiger partial charge in [0.15, 0.2) is 5.69 Å². The molecule has 2 aromatic carbocycles. The van der Waals surface area contributed by atoms with Crippen molar-refractivity contribution in [2.75, 3.05) is 5.32 Å². The Morgan fingerprint density at radius 3 is 2.50 bits per heavy atom. The number of carbonyl (C=O) groups excluding carboxylic acids is 1. The molecule has 0 aliphatic carbocycles. The summed E-state index contributed by atoms with van der Waals surface area (Å²) in [6.45, 7) is 0.281. The number of fused-ring (bicyclic) bond motifs is 1. The molecule has 0 saturated heterocycles. The summed E-state index contributed by atoms with van der Waals surface area (Å²) in [4.78, 5) is 25.5. The van der Waals surface area contributed by atoms with E-state index < -0.39 is 5.91 Å². The lowest BCUT2D eigenvalue weighted by atomic mass is 10.1. The lowest BCUT2D eigenvalue weighted by Gasteiger charge is -2.10. The summed E-state index contributed by atoms with van der Waals surface area (Å²) >= 11 is 1.21. The van der Waals surface area contributed by atoms with Crippen LogP contribution in [0.4, 0.5) is 5.13 Å². The molecule has 0 aliphatic rings. The van der Waals surface area contributed by atoms with Crippen molar-refractivity contribution in [2.24, 2.45) is 0 Å². The molecule has 0 saturated carbocycles. The molecule has 1 N–H and O–H groups in total. The number of carbonyl (C=O) groups is 1. The van der Waals surface area contributed by atoms with E-state index in [2.05, 4.69) is 20.6 Å². The van der Waals surface area contributed by atoms with E-state index in [1.54, 1.807) is 24.3 Å². The zero-order chi connectivity index (χ0) is 17.9. The molecule has 0 aliphatic heterocycles. The maximum absolute atomic E-state index is 12.8. The van der Waals surface area contributed by atoms with E-state index in [4.69, 9.17) is 0 Å². The van der Waals surface area contributed by atoms with E-state index in [1.807, 2.05) is 30.3 Å². The first kappa shape index (κ1) is 16.1. The van der Waals surface area contributed by atoms with Gasteiger partial charge in [0.1, 0.15) is 5.51 Å². The van der Waals surface area contributed by atoms with Crippen LogP contribution in [0.15, 0.2) is 64.9 Å². The SMILES string of the molecule is O=C(Nc1nncs1)c1nn(Cc2ccccc2)c(=O)c2ccccc12. The molecular formula is C18H13N5O2S. The summed E-state index contributed by atoms with van der Waals surface area (Å²) in [6, 6.07) is 16.5. The quantitative estimate of drug-likeness (QED) is 0.602. The molecule has 2 heterocycles. The van der Waals surface area contributed by atoms with Gasteiger partial charge in [-0.3, -0.25) is 14.9 Å². The van der Waals surface area contributed by atoms with Gasteiger partial charge in [0, 0.05) is 5.39 Å². The van der Waals surface area contributed by atoms with Crippen molar-refractivity contribution in [3.05, 3.63) is 81.7 Å². The van der Waals surface area contributed by atoms with Crippen LogP contribution in [0, 0.1) is 0 Å². The monoisotopic (exact) mass is 363 g/mol. The molecule has 8 heteroatoms. The van der Waals surface area contributed by atoms with Gasteiger partial charge in [0.25, 0.3) is 11.5 Å². The molecule has 0 unspecified atom stereocenters. The fraction of sp³-hybridized carbons (Fsp3) is 0.0556. The van der Waals surface area contributed by atoms with Gasteiger partial charge in [0.05, 0.1) is 11.9 Å². The second-order valence-corrected chi connectivity index (χ2v) is 6.37. The van der Waals surface area contributed by atoms with Crippen molar-refractivity contribution in [3.63, 3.8) is 0 Å². The number of anilines is 1. The summed E-state index contributed by atoms with van der Waals surface area (Å²) in [5.41, 5.74) is 2.38. The maximum atomic E-state index is 12.8. The van der Waals surface area contributed by atoms with Crippen molar-refractivity contribution in [2.45, 2.75) is 6.54 Å². The van der Waals surface area contributed by atoms with Crippen molar-refractivity contribution in [3.8, 4) is 0 Å². The van der Waals surface area contributed by atoms with Gasteiger partial charge in [-0.05, 0) is 11.6 Å². The van der Waals surface area contributed by atoms with E-state index >= 15 is 0 Å². The van der Waals surface area contributed by atoms with Crippen molar-refractivity contribution in [1.29, 1.82) is 0 Å². The van der Waals surface area contributed by atoms with E-state index in [0.29, 0.717) is 15.9 Å². The molecule has 26 heavy (non-hydrogen) atoms. The smallest absolute Gasteiger partial charge is 0.278 e. The third-order valence-electron chi connectivity index (χ3n) is 3.84. The Balaban J connectivity index is 1.82. The van der Waals surface area contributed by atoms with Crippen molar-refractivity contribution >= 4 is 33.1 Å². The minimum atomic E-state index is -0.431. The summed E-state index contributed by atoms with van der Waals surface area (Å²) in [7, 11) is 0. The number of amides is 1. The van der Waals surface area contributed by atoms with E-state index in [-0.39, 0.29) is 17.8 Å². The molecule has 4 aromatic rings. The second kappa shape index (κ2) is 6.85. The topological polar surface area (TPSA) is 89.8 Å². The van der Waals surface area contributed by atoms with Crippen LogP contribution >= 0.6 is 11.3 Å². The molecule has 0 bridgehead atoms. The molecule has 0 spiro atoms. The van der Waals surface area contributed by atoms with E-state index in [1.165, 1.54) is 21.5 Å². The van der Waals surface area contributed by atoms with Crippen molar-refractivity contribution < 1.29 is 4.79 Å². The third-order valence-corrected chi connectivity index (χ3v) is 4.45. The average Bonchev–Trinajstić information content (AvgIpc) is 3.18. The molecule has 0 atom stereocenters. The minimum Gasteiger partial charge on any atom is -0.295 e. The average molecular weight is 363 g/mol. The van der Waals surface area contributed by atoms with Gasteiger partial charge in [0.2, 0.25) is 5.13 Å². The van der Waals surface area contributed by atoms with Crippen molar-refractivity contribution in [1.82, 2.24) is 20.0 Å². The Labute approximate surface area is 151 Å². The summed E-state index contributed by atoms with van der Waals surface area (Å²) in [5, 5.41) is 15.8. The van der Waals surface area contributed by atoms with Crippen LogP contribution in [-0.4, -0.2) is 25.9 Å². The van der Waals surface area contributed by atoms with Crippen LogP contribution in [0.2, 0.25) is 0 Å². The van der Waals surface area contributed by atoms with Gasteiger partial charge in [-0.25, -0.2) is 4.68 Å². The van der Waals surface area contributed by atoms with E-state index in [0.717, 1.165) is 5.56 Å². The zero-order valence-electron chi connectivity index (χ0n) is 13.5. The summed E-state index contributed by atoms with van der Waals surface area (Å²) < 4.78 is 1.31. The number of nitrogens with one attached hydrogen (secondary N) is 1. The predicted octanol–water partition coefficient (Wildman–Crippen LogP) is 2.55. The first-order chi connectivity index (χ1) is 12.7. The standard InChI is InChI=1S/C18H13N5O2S/c24-16(20-18-21-19-11-26-18)15-13-8-4-5-9-14(13)17(25)23(22-15)10-12-6-2-1-3-7-12/h1-9,11H,10H2,(H,20,21,24). The Bertz CT molecular complexity index is 1120. The third kappa shape index (κ3) is 3.09. The number of benzene rings is 2. The normalized spacial score (nSPS) is 10.8. The molecule has 128 valence electrons. The Morgan fingerprint density at radius 1 is 1.04 bits per heavy atom. The highest BCUT2D eigenvalue weighted by Crippen LogP contribution is 2.16. The largest absolute Gasteiger partial charge is 0.295 e. The number of rotatable bonds is 4. The number of hydrogen-bond donors (Lipinski definition) is 1. The van der Waals surface area contributed by atoms with Crippen LogP contribution < -0.4 is 10.9 Å². The summed E-state index contributed by atoms with van der Waals surface area (Å²) in [6.07, 6.45) is 0. The highest BCUT2D eigenvalue weighted by molar-refractivity contribution is 7.13. The van der Waals surface area contributed by atoms with Crippen LogP contribution in [0.5, 0.6) is 0 Å². The zero-order valence-corrected chi connectivity index (χ0v) is 14.3. The van der Waals surface area contributed by atoms with Gasteiger partial charge >= 0.3 is 0 Å². The predicted molar refractivity (Wildman–Crippen MR) is 99.4 cm³/mol. The molecule has 0 fully saturated rings. The highest BCUT2D eigenvalue weighted by Gasteiger charge is 2.17. The van der Waals surface area contributed by atoms with Gasteiger partial charge in [-0.1, -0.05) is 59.9 Å². The van der Waals surface area contributed by atoms with Crippen LogP contribution in [0.1, 0.15) is 16.1 Å². The Kier molecular flexibility index (Phi) is 4.24. The van der Waals surface area contributed by atoms with Crippen LogP contribution in [-0.2, 0) is 6.54 Å². The Morgan fingerprint density at radius 2 is 1.77 bits per heavy atom. The highest BCUT2D eigenvalue weighted by atomic mass is 32.1. The lowest BCUT2D eigenvalue weighted by molar-refractivity contribution is 0.102. The number of hydrogen-bond acceptors (Lipinski definition) is 6. The molecule has 7 nitrogen and oxygen atoms in total. The number of nitrogens with zero attached hydrogens (tertiary/aromatic N) is 4.